The van der Waals surface area contributed by atoms with Crippen LogP contribution in [0.3, 0.4) is 0 Å². The van der Waals surface area contributed by atoms with Gasteiger partial charge in [-0.2, -0.15) is 0 Å². The van der Waals surface area contributed by atoms with Crippen LogP contribution in [0.15, 0.2) is 102 Å². The van der Waals surface area contributed by atoms with Crippen molar-refractivity contribution in [1.82, 2.24) is 10.2 Å². The number of anilines is 1. The van der Waals surface area contributed by atoms with Crippen LogP contribution < -0.4 is 9.62 Å². The van der Waals surface area contributed by atoms with Crippen LogP contribution >= 0.6 is 11.6 Å². The summed E-state index contributed by atoms with van der Waals surface area (Å²) < 4.78 is 44.7. The lowest BCUT2D eigenvalue weighted by Gasteiger charge is -2.35. The average molecular weight is 690 g/mol. The van der Waals surface area contributed by atoms with E-state index < -0.39 is 34.3 Å². The molecule has 2 amide bonds. The quantitative estimate of drug-likeness (QED) is 0.168. The summed E-state index contributed by atoms with van der Waals surface area (Å²) in [6.45, 7) is 2.92. The summed E-state index contributed by atoms with van der Waals surface area (Å²) in [5.74, 6) is -1.52. The highest BCUT2D eigenvalue weighted by Gasteiger charge is 2.36. The Morgan fingerprint density at radius 2 is 1.54 bits per heavy atom. The number of benzene rings is 4. The molecule has 0 aromatic heterocycles. The van der Waals surface area contributed by atoms with E-state index in [1.807, 2.05) is 44.2 Å². The molecule has 4 aromatic rings. The van der Waals surface area contributed by atoms with Crippen molar-refractivity contribution < 1.29 is 22.4 Å². The Labute approximate surface area is 287 Å². The molecule has 0 radical (unpaired) electrons. The fourth-order valence-electron chi connectivity index (χ4n) is 6.05. The fraction of sp³-hybridized carbons (Fsp3) is 0.316. The minimum atomic E-state index is -4.29. The van der Waals surface area contributed by atoms with Crippen LogP contribution in [0.5, 0.6) is 0 Å². The van der Waals surface area contributed by atoms with Gasteiger partial charge >= 0.3 is 0 Å². The maximum absolute atomic E-state index is 15.2. The van der Waals surface area contributed by atoms with E-state index in [9.17, 15) is 18.0 Å². The first-order chi connectivity index (χ1) is 23.0. The number of nitrogens with one attached hydrogen (secondary N) is 1. The average Bonchev–Trinajstić information content (AvgIpc) is 3.08. The van der Waals surface area contributed by atoms with Crippen molar-refractivity contribution in [2.24, 2.45) is 0 Å². The highest BCUT2D eigenvalue weighted by molar-refractivity contribution is 7.92. The largest absolute Gasteiger partial charge is 0.352 e. The Kier molecular flexibility index (Phi) is 11.5. The van der Waals surface area contributed by atoms with E-state index in [1.54, 1.807) is 36.4 Å². The number of hydrogen-bond donors (Lipinski definition) is 1. The maximum atomic E-state index is 15.2. The van der Waals surface area contributed by atoms with Crippen molar-refractivity contribution in [3.05, 3.63) is 130 Å². The zero-order valence-electron chi connectivity index (χ0n) is 27.2. The van der Waals surface area contributed by atoms with E-state index >= 15 is 4.39 Å². The third-order valence-corrected chi connectivity index (χ3v) is 11.0. The molecular weight excluding hydrogens is 649 g/mol. The molecule has 252 valence electrons. The van der Waals surface area contributed by atoms with E-state index in [-0.39, 0.29) is 35.4 Å². The molecule has 1 aliphatic rings. The maximum Gasteiger partial charge on any atom is 0.264 e. The number of carbonyl (C=O) groups excluding carboxylic acids is 2. The summed E-state index contributed by atoms with van der Waals surface area (Å²) in [5.41, 5.74) is 3.12. The predicted molar refractivity (Wildman–Crippen MR) is 188 cm³/mol. The van der Waals surface area contributed by atoms with Gasteiger partial charge in [-0.1, -0.05) is 85.5 Å². The van der Waals surface area contributed by atoms with E-state index in [2.05, 4.69) is 5.32 Å². The molecule has 1 atom stereocenters. The summed E-state index contributed by atoms with van der Waals surface area (Å²) in [6, 6.07) is 25.3. The first-order valence-corrected chi connectivity index (χ1v) is 18.1. The van der Waals surface area contributed by atoms with E-state index in [1.165, 1.54) is 35.2 Å². The van der Waals surface area contributed by atoms with Gasteiger partial charge in [0.05, 0.1) is 10.6 Å². The number of sulfonamides is 1. The van der Waals surface area contributed by atoms with Crippen molar-refractivity contribution in [3.8, 4) is 0 Å². The van der Waals surface area contributed by atoms with Gasteiger partial charge in [0.2, 0.25) is 11.8 Å². The summed E-state index contributed by atoms with van der Waals surface area (Å²) >= 11 is 6.08. The normalized spacial score (nSPS) is 14.2. The van der Waals surface area contributed by atoms with Crippen LogP contribution in [0.25, 0.3) is 0 Å². The fourth-order valence-corrected chi connectivity index (χ4v) is 7.58. The molecule has 7 nitrogen and oxygen atoms in total. The molecule has 0 spiro atoms. The molecular formula is C38H41ClFN3O4S. The molecule has 1 unspecified atom stereocenters. The van der Waals surface area contributed by atoms with Crippen molar-refractivity contribution in [2.45, 2.75) is 75.9 Å². The minimum absolute atomic E-state index is 0.0350. The molecule has 0 bridgehead atoms. The van der Waals surface area contributed by atoms with Gasteiger partial charge in [-0.25, -0.2) is 12.8 Å². The van der Waals surface area contributed by atoms with Gasteiger partial charge in [-0.05, 0) is 85.8 Å². The predicted octanol–water partition coefficient (Wildman–Crippen LogP) is 7.38. The summed E-state index contributed by atoms with van der Waals surface area (Å²) in [6.07, 6.45) is 4.94. The highest BCUT2D eigenvalue weighted by atomic mass is 35.5. The smallest absolute Gasteiger partial charge is 0.264 e. The number of rotatable bonds is 12. The van der Waals surface area contributed by atoms with Crippen molar-refractivity contribution in [1.29, 1.82) is 0 Å². The Bertz CT molecular complexity index is 1830. The van der Waals surface area contributed by atoms with Crippen LogP contribution in [0.1, 0.15) is 54.4 Å². The Balaban J connectivity index is 1.58. The summed E-state index contributed by atoms with van der Waals surface area (Å²) in [7, 11) is -4.29. The lowest BCUT2D eigenvalue weighted by Crippen LogP contribution is -2.55. The molecule has 1 aliphatic carbocycles. The molecule has 0 aliphatic heterocycles. The van der Waals surface area contributed by atoms with Crippen LogP contribution in [-0.4, -0.2) is 43.8 Å². The first-order valence-electron chi connectivity index (χ1n) is 16.3. The van der Waals surface area contributed by atoms with Gasteiger partial charge in [0.15, 0.2) is 0 Å². The van der Waals surface area contributed by atoms with Gasteiger partial charge in [-0.3, -0.25) is 13.9 Å². The van der Waals surface area contributed by atoms with Crippen LogP contribution in [0.4, 0.5) is 10.1 Å². The summed E-state index contributed by atoms with van der Waals surface area (Å²) in [5, 5.41) is 3.53. The van der Waals surface area contributed by atoms with Crippen LogP contribution in [0.2, 0.25) is 5.02 Å². The molecule has 1 saturated carbocycles. The molecule has 0 saturated heterocycles. The second-order valence-corrected chi connectivity index (χ2v) is 14.7. The monoisotopic (exact) mass is 689 g/mol. The molecule has 1 N–H and O–H groups in total. The highest BCUT2D eigenvalue weighted by Crippen LogP contribution is 2.28. The molecule has 0 heterocycles. The number of aryl methyl sites for hydroxylation is 2. The SMILES string of the molecule is Cc1ccc(N(CC(=O)N(Cc2ccccc2F)C(Cc2ccccc2)C(=O)NC2CCCCC2)S(=O)(=O)c2ccc(Cl)cc2)cc1C. The lowest BCUT2D eigenvalue weighted by atomic mass is 9.94. The van der Waals surface area contributed by atoms with E-state index in [0.29, 0.717) is 10.7 Å². The molecule has 4 aromatic carbocycles. The second-order valence-electron chi connectivity index (χ2n) is 12.4. The number of amides is 2. The first kappa shape index (κ1) is 35.1. The van der Waals surface area contributed by atoms with Gasteiger partial charge < -0.3 is 10.2 Å². The number of hydrogen-bond acceptors (Lipinski definition) is 4. The Morgan fingerprint density at radius 3 is 2.21 bits per heavy atom. The van der Waals surface area contributed by atoms with E-state index in [0.717, 1.165) is 53.1 Å². The van der Waals surface area contributed by atoms with Crippen molar-refractivity contribution in [3.63, 3.8) is 0 Å². The lowest BCUT2D eigenvalue weighted by molar-refractivity contribution is -0.140. The van der Waals surface area contributed by atoms with Crippen LogP contribution in [0, 0.1) is 19.7 Å². The standard InChI is InChI=1S/C38H41ClFN3O4S/c1-27-17-20-33(23-28(27)2)43(48(46,47)34-21-18-31(39)19-22-34)26-37(44)42(25-30-13-9-10-16-35(30)40)36(24-29-11-5-3-6-12-29)38(45)41-32-14-7-4-8-15-32/h3,5-6,9-13,16-23,32,36H,4,7-8,14-15,24-26H2,1-2H3,(H,41,45). The third-order valence-electron chi connectivity index (χ3n) is 8.98. The molecule has 5 rings (SSSR count). The summed E-state index contributed by atoms with van der Waals surface area (Å²) in [4.78, 5) is 30.1. The molecule has 10 heteroatoms. The Hall–Kier alpha value is -4.21. The van der Waals surface area contributed by atoms with E-state index in [4.69, 9.17) is 11.6 Å². The topological polar surface area (TPSA) is 86.8 Å². The van der Waals surface area contributed by atoms with Crippen molar-refractivity contribution in [2.75, 3.05) is 10.8 Å². The van der Waals surface area contributed by atoms with Gasteiger partial charge in [0.1, 0.15) is 18.4 Å². The molecule has 1 fully saturated rings. The zero-order valence-corrected chi connectivity index (χ0v) is 28.8. The molecule has 48 heavy (non-hydrogen) atoms. The minimum Gasteiger partial charge on any atom is -0.352 e. The second kappa shape index (κ2) is 15.8. The van der Waals surface area contributed by atoms with Gasteiger partial charge in [0, 0.05) is 29.6 Å². The third kappa shape index (κ3) is 8.62. The number of carbonyl (C=O) groups is 2. The Morgan fingerprint density at radius 1 is 0.875 bits per heavy atom. The zero-order chi connectivity index (χ0) is 34.3. The number of nitrogens with zero attached hydrogens (tertiary/aromatic N) is 2. The van der Waals surface area contributed by atoms with Gasteiger partial charge in [0.25, 0.3) is 10.0 Å². The van der Waals surface area contributed by atoms with Gasteiger partial charge in [-0.15, -0.1) is 0 Å². The van der Waals surface area contributed by atoms with Crippen molar-refractivity contribution >= 4 is 39.1 Å². The van der Waals surface area contributed by atoms with Crippen LogP contribution in [-0.2, 0) is 32.6 Å². The number of halogens is 2.